The lowest BCUT2D eigenvalue weighted by atomic mass is 10.1. The summed E-state index contributed by atoms with van der Waals surface area (Å²) >= 11 is 0. The molecule has 0 unspecified atom stereocenters. The minimum Gasteiger partial charge on any atom is -0.463 e. The van der Waals surface area contributed by atoms with Crippen molar-refractivity contribution in [1.29, 1.82) is 0 Å². The Morgan fingerprint density at radius 3 is 2.62 bits per heavy atom. The van der Waals surface area contributed by atoms with Crippen LogP contribution in [0.15, 0.2) is 53.1 Å². The number of amides is 2. The van der Waals surface area contributed by atoms with Crippen molar-refractivity contribution in [3.63, 3.8) is 0 Å². The fourth-order valence-electron chi connectivity index (χ4n) is 3.58. The topological polar surface area (TPSA) is 66.7 Å². The summed E-state index contributed by atoms with van der Waals surface area (Å²) in [5.41, 5.74) is 1.96. The molecular weight excluding hydrogens is 366 g/mol. The van der Waals surface area contributed by atoms with E-state index in [4.69, 9.17) is 4.42 Å². The molecule has 3 heterocycles. The van der Waals surface area contributed by atoms with E-state index in [-0.39, 0.29) is 11.8 Å². The lowest BCUT2D eigenvalue weighted by Crippen LogP contribution is -2.37. The molecule has 0 aliphatic carbocycles. The minimum absolute atomic E-state index is 0.0627. The quantitative estimate of drug-likeness (QED) is 0.634. The zero-order valence-electron chi connectivity index (χ0n) is 16.2. The third kappa shape index (κ3) is 3.85. The molecule has 1 saturated heterocycles. The summed E-state index contributed by atoms with van der Waals surface area (Å²) in [6.07, 6.45) is 2.31. The van der Waals surface area contributed by atoms with Gasteiger partial charge in [-0.15, -0.1) is 0 Å². The Hall–Kier alpha value is -3.59. The van der Waals surface area contributed by atoms with Gasteiger partial charge < -0.3 is 14.2 Å². The number of benzene rings is 1. The number of hydrogen-bond donors (Lipinski definition) is 0. The molecule has 1 aliphatic rings. The predicted molar refractivity (Wildman–Crippen MR) is 110 cm³/mol. The smallest absolute Gasteiger partial charge is 0.298 e. The van der Waals surface area contributed by atoms with E-state index in [2.05, 4.69) is 16.8 Å². The predicted octanol–water partition coefficient (Wildman–Crippen LogP) is 3.19. The Morgan fingerprint density at radius 2 is 1.83 bits per heavy atom. The van der Waals surface area contributed by atoms with E-state index in [0.717, 1.165) is 17.3 Å². The molecule has 146 valence electrons. The van der Waals surface area contributed by atoms with E-state index >= 15 is 0 Å². The molecule has 1 aromatic carbocycles. The monoisotopic (exact) mass is 387 g/mol. The first-order chi connectivity index (χ1) is 14.2. The van der Waals surface area contributed by atoms with Gasteiger partial charge in [0.25, 0.3) is 11.8 Å². The van der Waals surface area contributed by atoms with Gasteiger partial charge in [0.05, 0.1) is 17.3 Å². The third-order valence-electron chi connectivity index (χ3n) is 5.02. The van der Waals surface area contributed by atoms with Crippen molar-refractivity contribution in [1.82, 2.24) is 14.8 Å². The molecule has 0 spiro atoms. The fourth-order valence-corrected chi connectivity index (χ4v) is 3.58. The third-order valence-corrected chi connectivity index (χ3v) is 5.02. The highest BCUT2D eigenvalue weighted by Gasteiger charge is 2.24. The van der Waals surface area contributed by atoms with Gasteiger partial charge in [-0.05, 0) is 43.5 Å². The van der Waals surface area contributed by atoms with Crippen LogP contribution < -0.4 is 0 Å². The number of aromatic nitrogens is 1. The van der Waals surface area contributed by atoms with Gasteiger partial charge in [-0.25, -0.2) is 4.98 Å². The zero-order valence-corrected chi connectivity index (χ0v) is 16.2. The van der Waals surface area contributed by atoms with Gasteiger partial charge in [0.1, 0.15) is 5.69 Å². The van der Waals surface area contributed by atoms with E-state index in [1.165, 1.54) is 0 Å². The normalized spacial score (nSPS) is 14.2. The summed E-state index contributed by atoms with van der Waals surface area (Å²) in [6, 6.07) is 13.0. The number of pyridine rings is 1. The van der Waals surface area contributed by atoms with Crippen LogP contribution in [-0.4, -0.2) is 52.8 Å². The first kappa shape index (κ1) is 18.8. The summed E-state index contributed by atoms with van der Waals surface area (Å²) in [6.45, 7) is 3.80. The van der Waals surface area contributed by atoms with Crippen molar-refractivity contribution < 1.29 is 14.0 Å². The maximum Gasteiger partial charge on any atom is 0.298 e. The van der Waals surface area contributed by atoms with Crippen LogP contribution in [0.2, 0.25) is 0 Å². The molecule has 3 aromatic rings. The molecule has 1 fully saturated rings. The molecule has 0 bridgehead atoms. The van der Waals surface area contributed by atoms with Gasteiger partial charge in [0, 0.05) is 31.6 Å². The van der Waals surface area contributed by atoms with Gasteiger partial charge in [0.2, 0.25) is 0 Å². The molecule has 4 rings (SSSR count). The largest absolute Gasteiger partial charge is 0.463 e. The number of furan rings is 1. The lowest BCUT2D eigenvalue weighted by Gasteiger charge is -2.22. The van der Waals surface area contributed by atoms with Gasteiger partial charge in [-0.2, -0.15) is 0 Å². The van der Waals surface area contributed by atoms with E-state index in [0.29, 0.717) is 43.2 Å². The number of hydrogen-bond acceptors (Lipinski definition) is 4. The molecule has 6 heteroatoms. The number of nitrogens with zero attached hydrogens (tertiary/aromatic N) is 3. The summed E-state index contributed by atoms with van der Waals surface area (Å²) in [7, 11) is 0. The summed E-state index contributed by atoms with van der Waals surface area (Å²) in [4.78, 5) is 33.7. The molecule has 0 saturated carbocycles. The number of carbonyl (C=O) groups is 2. The average molecular weight is 387 g/mol. The Kier molecular flexibility index (Phi) is 5.30. The number of carbonyl (C=O) groups excluding carboxylic acids is 2. The van der Waals surface area contributed by atoms with Crippen molar-refractivity contribution in [3.05, 3.63) is 54.3 Å². The molecule has 0 atom stereocenters. The van der Waals surface area contributed by atoms with Crippen LogP contribution in [-0.2, 0) is 4.79 Å². The minimum atomic E-state index is -0.184. The second-order valence-electron chi connectivity index (χ2n) is 6.86. The number of para-hydroxylation sites is 1. The Bertz CT molecular complexity index is 1110. The molecule has 29 heavy (non-hydrogen) atoms. The highest BCUT2D eigenvalue weighted by Crippen LogP contribution is 2.26. The molecule has 0 radical (unpaired) electrons. The number of rotatable bonds is 2. The molecule has 6 nitrogen and oxygen atoms in total. The first-order valence-electron chi connectivity index (χ1n) is 9.62. The van der Waals surface area contributed by atoms with E-state index in [1.54, 1.807) is 35.1 Å². The van der Waals surface area contributed by atoms with Gasteiger partial charge in [0.15, 0.2) is 5.76 Å². The van der Waals surface area contributed by atoms with Crippen LogP contribution in [0.3, 0.4) is 0 Å². The molecular formula is C23H21N3O3. The standard InChI is InChI=1S/C23H21N3O3/c1-2-7-22(27)25-11-6-12-26(14-13-25)23(28)18-16-20(21-10-5-15-29-21)24-19-9-4-3-8-17(18)19/h3-5,8-10,15-16H,6,11-14H2,1H3. The first-order valence-corrected chi connectivity index (χ1v) is 9.62. The molecule has 2 amide bonds. The van der Waals surface area contributed by atoms with Crippen LogP contribution in [0.25, 0.3) is 22.4 Å². The highest BCUT2D eigenvalue weighted by molar-refractivity contribution is 6.07. The van der Waals surface area contributed by atoms with Crippen LogP contribution >= 0.6 is 0 Å². The van der Waals surface area contributed by atoms with E-state index in [1.807, 2.05) is 30.3 Å². The Balaban J connectivity index is 1.66. The van der Waals surface area contributed by atoms with E-state index < -0.39 is 0 Å². The Morgan fingerprint density at radius 1 is 1.03 bits per heavy atom. The average Bonchev–Trinajstić information content (AvgIpc) is 3.17. The maximum atomic E-state index is 13.4. The van der Waals surface area contributed by atoms with Crippen molar-refractivity contribution >= 4 is 22.7 Å². The molecule has 0 N–H and O–H groups in total. The highest BCUT2D eigenvalue weighted by atomic mass is 16.3. The SMILES string of the molecule is CC#CC(=O)N1CCCN(C(=O)c2cc(-c3ccco3)nc3ccccc23)CC1. The summed E-state index contributed by atoms with van der Waals surface area (Å²) < 4.78 is 5.49. The maximum absolute atomic E-state index is 13.4. The van der Waals surface area contributed by atoms with Crippen molar-refractivity contribution in [2.45, 2.75) is 13.3 Å². The Labute approximate surface area is 169 Å². The molecule has 2 aromatic heterocycles. The van der Waals surface area contributed by atoms with Crippen molar-refractivity contribution in [2.24, 2.45) is 0 Å². The second kappa shape index (κ2) is 8.19. The lowest BCUT2D eigenvalue weighted by molar-refractivity contribution is -0.125. The second-order valence-corrected chi connectivity index (χ2v) is 6.86. The number of fused-ring (bicyclic) bond motifs is 1. The molecule has 1 aliphatic heterocycles. The van der Waals surface area contributed by atoms with Gasteiger partial charge >= 0.3 is 0 Å². The summed E-state index contributed by atoms with van der Waals surface area (Å²) in [5.74, 6) is 5.60. The van der Waals surface area contributed by atoms with Crippen molar-refractivity contribution in [2.75, 3.05) is 26.2 Å². The summed E-state index contributed by atoms with van der Waals surface area (Å²) in [5, 5.41) is 0.807. The van der Waals surface area contributed by atoms with Crippen LogP contribution in [0, 0.1) is 11.8 Å². The zero-order chi connectivity index (χ0) is 20.2. The fraction of sp³-hybridized carbons (Fsp3) is 0.261. The van der Waals surface area contributed by atoms with Gasteiger partial charge in [-0.3, -0.25) is 9.59 Å². The van der Waals surface area contributed by atoms with Crippen LogP contribution in [0.1, 0.15) is 23.7 Å². The van der Waals surface area contributed by atoms with Crippen LogP contribution in [0.5, 0.6) is 0 Å². The van der Waals surface area contributed by atoms with Crippen LogP contribution in [0.4, 0.5) is 0 Å². The van der Waals surface area contributed by atoms with E-state index in [9.17, 15) is 9.59 Å². The van der Waals surface area contributed by atoms with Gasteiger partial charge in [-0.1, -0.05) is 24.1 Å². The van der Waals surface area contributed by atoms with Crippen molar-refractivity contribution in [3.8, 4) is 23.3 Å².